The second-order valence-corrected chi connectivity index (χ2v) is 5.74. The van der Waals surface area contributed by atoms with Gasteiger partial charge in [-0.2, -0.15) is 13.2 Å². The van der Waals surface area contributed by atoms with E-state index in [0.29, 0.717) is 25.1 Å². The molecule has 1 unspecified atom stereocenters. The molecule has 0 spiro atoms. The minimum atomic E-state index is -4.58. The summed E-state index contributed by atoms with van der Waals surface area (Å²) in [7, 11) is 0. The zero-order valence-corrected chi connectivity index (χ0v) is 12.9. The minimum absolute atomic E-state index is 0.0301. The molecule has 3 heterocycles. The van der Waals surface area contributed by atoms with Crippen LogP contribution >= 0.6 is 0 Å². The molecule has 0 radical (unpaired) electrons. The van der Waals surface area contributed by atoms with Crippen LogP contribution in [0.4, 0.5) is 19.0 Å². The SMILES string of the molecule is CC1CN(c2cc(C(F)(F)F)nc(-c3cccnc3)n2)CCC1=O. The van der Waals surface area contributed by atoms with E-state index in [1.807, 2.05) is 0 Å². The first kappa shape index (κ1) is 16.4. The molecule has 1 saturated heterocycles. The molecule has 2 aromatic heterocycles. The highest BCUT2D eigenvalue weighted by Crippen LogP contribution is 2.32. The molecule has 5 nitrogen and oxygen atoms in total. The van der Waals surface area contributed by atoms with E-state index in [2.05, 4.69) is 15.0 Å². The molecule has 0 saturated carbocycles. The lowest BCUT2D eigenvalue weighted by molar-refractivity contribution is -0.141. The zero-order valence-electron chi connectivity index (χ0n) is 12.9. The fourth-order valence-corrected chi connectivity index (χ4v) is 2.59. The monoisotopic (exact) mass is 336 g/mol. The second kappa shape index (κ2) is 6.18. The topological polar surface area (TPSA) is 59.0 Å². The molecule has 1 aliphatic rings. The third kappa shape index (κ3) is 3.37. The minimum Gasteiger partial charge on any atom is -0.355 e. The Morgan fingerprint density at radius 3 is 2.71 bits per heavy atom. The number of hydrogen-bond donors (Lipinski definition) is 0. The van der Waals surface area contributed by atoms with Crippen LogP contribution in [0.1, 0.15) is 19.0 Å². The summed E-state index contributed by atoms with van der Waals surface area (Å²) in [5.74, 6) is 0.0294. The molecule has 0 bridgehead atoms. The van der Waals surface area contributed by atoms with Gasteiger partial charge in [-0.25, -0.2) is 9.97 Å². The Hall–Kier alpha value is -2.51. The van der Waals surface area contributed by atoms with Crippen LogP contribution in [0, 0.1) is 5.92 Å². The standard InChI is InChI=1S/C16H15F3N4O/c1-10-9-23(6-4-12(10)24)14-7-13(16(17,18)19)21-15(22-14)11-3-2-5-20-8-11/h2-3,5,7-8,10H,4,6,9H2,1H3. The van der Waals surface area contributed by atoms with Gasteiger partial charge >= 0.3 is 6.18 Å². The van der Waals surface area contributed by atoms with Gasteiger partial charge in [0.25, 0.3) is 0 Å². The highest BCUT2D eigenvalue weighted by atomic mass is 19.4. The van der Waals surface area contributed by atoms with Gasteiger partial charge in [-0.3, -0.25) is 9.78 Å². The molecule has 1 aliphatic heterocycles. The lowest BCUT2D eigenvalue weighted by atomic mass is 9.98. The van der Waals surface area contributed by atoms with Crippen LogP contribution in [0.2, 0.25) is 0 Å². The van der Waals surface area contributed by atoms with Crippen molar-refractivity contribution in [2.24, 2.45) is 5.92 Å². The van der Waals surface area contributed by atoms with Crippen LogP contribution in [0.25, 0.3) is 11.4 Å². The van der Waals surface area contributed by atoms with E-state index in [9.17, 15) is 18.0 Å². The maximum atomic E-state index is 13.2. The fourth-order valence-electron chi connectivity index (χ4n) is 2.59. The average molecular weight is 336 g/mol. The molecule has 0 N–H and O–H groups in total. The number of alkyl halides is 3. The molecule has 1 atom stereocenters. The molecule has 0 amide bonds. The van der Waals surface area contributed by atoms with E-state index in [1.165, 1.54) is 12.4 Å². The number of nitrogens with zero attached hydrogens (tertiary/aromatic N) is 4. The van der Waals surface area contributed by atoms with Crippen molar-refractivity contribution in [3.8, 4) is 11.4 Å². The lowest BCUT2D eigenvalue weighted by Gasteiger charge is -2.31. The van der Waals surface area contributed by atoms with Crippen LogP contribution in [-0.2, 0) is 11.0 Å². The van der Waals surface area contributed by atoms with Crippen LogP contribution in [0.15, 0.2) is 30.6 Å². The van der Waals surface area contributed by atoms with Gasteiger partial charge in [0.2, 0.25) is 0 Å². The number of anilines is 1. The molecule has 2 aromatic rings. The number of ketones is 1. The summed E-state index contributed by atoms with van der Waals surface area (Å²) in [6.07, 6.45) is -1.34. The predicted octanol–water partition coefficient (Wildman–Crippen LogP) is 2.97. The summed E-state index contributed by atoms with van der Waals surface area (Å²) in [6, 6.07) is 4.15. The number of halogens is 3. The largest absolute Gasteiger partial charge is 0.433 e. The van der Waals surface area contributed by atoms with Crippen LogP contribution in [0.5, 0.6) is 0 Å². The summed E-state index contributed by atoms with van der Waals surface area (Å²) in [4.78, 5) is 25.1. The Morgan fingerprint density at radius 1 is 1.29 bits per heavy atom. The first-order valence-electron chi connectivity index (χ1n) is 7.49. The third-order valence-electron chi connectivity index (χ3n) is 3.92. The molecule has 3 rings (SSSR count). The number of carbonyl (C=O) groups is 1. The summed E-state index contributed by atoms with van der Waals surface area (Å²) in [5.41, 5.74) is -0.595. The zero-order chi connectivity index (χ0) is 17.3. The quantitative estimate of drug-likeness (QED) is 0.844. The molecular formula is C16H15F3N4O. The normalized spacial score (nSPS) is 18.8. The number of carbonyl (C=O) groups excluding carboxylic acids is 1. The van der Waals surface area contributed by atoms with Crippen LogP contribution < -0.4 is 4.90 Å². The highest BCUT2D eigenvalue weighted by Gasteiger charge is 2.35. The van der Waals surface area contributed by atoms with Crippen molar-refractivity contribution in [1.29, 1.82) is 0 Å². The summed E-state index contributed by atoms with van der Waals surface area (Å²) in [5, 5.41) is 0. The van der Waals surface area contributed by atoms with Gasteiger partial charge in [0.15, 0.2) is 11.5 Å². The van der Waals surface area contributed by atoms with Crippen LogP contribution in [-0.4, -0.2) is 33.8 Å². The summed E-state index contributed by atoms with van der Waals surface area (Å²) in [6.45, 7) is 2.46. The Kier molecular flexibility index (Phi) is 4.21. The maximum absolute atomic E-state index is 13.2. The van der Waals surface area contributed by atoms with Gasteiger partial charge in [0.05, 0.1) is 0 Å². The van der Waals surface area contributed by atoms with Crippen molar-refractivity contribution in [2.45, 2.75) is 19.5 Å². The van der Waals surface area contributed by atoms with E-state index in [0.717, 1.165) is 6.07 Å². The lowest BCUT2D eigenvalue weighted by Crippen LogP contribution is -2.40. The van der Waals surface area contributed by atoms with E-state index < -0.39 is 11.9 Å². The molecule has 126 valence electrons. The maximum Gasteiger partial charge on any atom is 0.433 e. The summed E-state index contributed by atoms with van der Waals surface area (Å²) >= 11 is 0. The van der Waals surface area contributed by atoms with Gasteiger partial charge in [-0.05, 0) is 12.1 Å². The Bertz CT molecular complexity index is 749. The average Bonchev–Trinajstić information content (AvgIpc) is 2.57. The number of piperidine rings is 1. The van der Waals surface area contributed by atoms with E-state index in [4.69, 9.17) is 0 Å². The van der Waals surface area contributed by atoms with Gasteiger partial charge < -0.3 is 4.90 Å². The molecule has 0 aliphatic carbocycles. The Labute approximate surface area is 136 Å². The fraction of sp³-hybridized carbons (Fsp3) is 0.375. The number of pyridine rings is 1. The molecule has 24 heavy (non-hydrogen) atoms. The predicted molar refractivity (Wildman–Crippen MR) is 81.3 cm³/mol. The van der Waals surface area contributed by atoms with Crippen molar-refractivity contribution >= 4 is 11.6 Å². The van der Waals surface area contributed by atoms with E-state index in [1.54, 1.807) is 24.0 Å². The molecule has 1 fully saturated rings. The van der Waals surface area contributed by atoms with E-state index >= 15 is 0 Å². The van der Waals surface area contributed by atoms with Crippen molar-refractivity contribution in [2.75, 3.05) is 18.0 Å². The second-order valence-electron chi connectivity index (χ2n) is 5.74. The highest BCUT2D eigenvalue weighted by molar-refractivity contribution is 5.83. The van der Waals surface area contributed by atoms with Crippen molar-refractivity contribution in [3.05, 3.63) is 36.3 Å². The number of Topliss-reactive ketones (excluding diaryl/α,β-unsaturated/α-hetero) is 1. The van der Waals surface area contributed by atoms with Gasteiger partial charge in [-0.15, -0.1) is 0 Å². The molecule has 8 heteroatoms. The van der Waals surface area contributed by atoms with Crippen molar-refractivity contribution in [1.82, 2.24) is 15.0 Å². The summed E-state index contributed by atoms with van der Waals surface area (Å²) < 4.78 is 39.6. The Balaban J connectivity index is 2.04. The van der Waals surface area contributed by atoms with Gasteiger partial charge in [0.1, 0.15) is 11.6 Å². The Morgan fingerprint density at radius 2 is 2.08 bits per heavy atom. The molecular weight excluding hydrogens is 321 g/mol. The van der Waals surface area contributed by atoms with Gasteiger partial charge in [-0.1, -0.05) is 6.92 Å². The smallest absolute Gasteiger partial charge is 0.355 e. The molecule has 0 aromatic carbocycles. The third-order valence-corrected chi connectivity index (χ3v) is 3.92. The van der Waals surface area contributed by atoms with E-state index in [-0.39, 0.29) is 23.3 Å². The van der Waals surface area contributed by atoms with Crippen molar-refractivity contribution in [3.63, 3.8) is 0 Å². The van der Waals surface area contributed by atoms with Crippen LogP contribution in [0.3, 0.4) is 0 Å². The number of aromatic nitrogens is 3. The number of rotatable bonds is 2. The first-order chi connectivity index (χ1) is 11.3. The van der Waals surface area contributed by atoms with Crippen molar-refractivity contribution < 1.29 is 18.0 Å². The number of hydrogen-bond acceptors (Lipinski definition) is 5. The first-order valence-corrected chi connectivity index (χ1v) is 7.49. The van der Waals surface area contributed by atoms with Gasteiger partial charge in [0, 0.05) is 49.5 Å².